The standard InChI is InChI=1S/C36H28N2O2/c39-33-35(25-27-15-5-1-6-16-27)31-23-13-14-24-32(31)36(29-19-9-3-10-20-29,37(33)26-28-17-7-2-8-18-28)38(34(35)40)30-21-11-4-12-22-30/h1-24H,25-26H2/t35-,36-/m1/s1. The third-order valence-corrected chi connectivity index (χ3v) is 8.34. The fourth-order valence-corrected chi connectivity index (χ4v) is 6.68. The van der Waals surface area contributed by atoms with Crippen LogP contribution in [0.1, 0.15) is 27.8 Å². The zero-order valence-corrected chi connectivity index (χ0v) is 22.0. The highest BCUT2D eigenvalue weighted by Gasteiger charge is 2.70. The number of nitrogens with zero attached hydrogens (tertiary/aromatic N) is 2. The molecule has 0 spiro atoms. The molecule has 0 aliphatic carbocycles. The second kappa shape index (κ2) is 9.35. The topological polar surface area (TPSA) is 40.6 Å². The minimum Gasteiger partial charge on any atom is -0.306 e. The van der Waals surface area contributed by atoms with Crippen molar-refractivity contribution in [2.24, 2.45) is 0 Å². The van der Waals surface area contributed by atoms with Gasteiger partial charge in [-0.1, -0.05) is 133 Å². The number of anilines is 1. The van der Waals surface area contributed by atoms with E-state index in [2.05, 4.69) is 6.07 Å². The van der Waals surface area contributed by atoms with Gasteiger partial charge in [-0.25, -0.2) is 0 Å². The van der Waals surface area contributed by atoms with E-state index in [9.17, 15) is 0 Å². The van der Waals surface area contributed by atoms with E-state index in [4.69, 9.17) is 0 Å². The third-order valence-electron chi connectivity index (χ3n) is 8.34. The van der Waals surface area contributed by atoms with Gasteiger partial charge in [0.2, 0.25) is 11.8 Å². The summed E-state index contributed by atoms with van der Waals surface area (Å²) < 4.78 is 0. The smallest absolute Gasteiger partial charge is 0.250 e. The summed E-state index contributed by atoms with van der Waals surface area (Å²) in [7, 11) is 0. The summed E-state index contributed by atoms with van der Waals surface area (Å²) in [5.41, 5.74) is 2.75. The summed E-state index contributed by atoms with van der Waals surface area (Å²) in [6.07, 6.45) is 0.280. The van der Waals surface area contributed by atoms with E-state index in [1.165, 1.54) is 0 Å². The van der Waals surface area contributed by atoms with E-state index >= 15 is 9.59 Å². The van der Waals surface area contributed by atoms with Gasteiger partial charge in [-0.3, -0.25) is 14.5 Å². The lowest BCUT2D eigenvalue weighted by atomic mass is 9.60. The molecule has 3 aliphatic rings. The van der Waals surface area contributed by atoms with Gasteiger partial charge in [0, 0.05) is 23.4 Å². The Labute approximate surface area is 234 Å². The number of carbonyl (C=O) groups is 2. The molecule has 0 N–H and O–H groups in total. The molecule has 4 heteroatoms. The van der Waals surface area contributed by atoms with Gasteiger partial charge in [0.05, 0.1) is 0 Å². The minimum atomic E-state index is -1.40. The summed E-state index contributed by atoms with van der Waals surface area (Å²) in [5.74, 6) is -0.362. The predicted molar refractivity (Wildman–Crippen MR) is 156 cm³/mol. The Morgan fingerprint density at radius 2 is 1.00 bits per heavy atom. The van der Waals surface area contributed by atoms with Crippen LogP contribution in [0.4, 0.5) is 5.69 Å². The van der Waals surface area contributed by atoms with Gasteiger partial charge in [-0.2, -0.15) is 0 Å². The maximum atomic E-state index is 15.1. The van der Waals surface area contributed by atoms with Crippen LogP contribution in [0, 0.1) is 0 Å². The molecule has 0 saturated carbocycles. The molecule has 2 bridgehead atoms. The largest absolute Gasteiger partial charge is 0.306 e. The highest BCUT2D eigenvalue weighted by Crippen LogP contribution is 2.58. The highest BCUT2D eigenvalue weighted by atomic mass is 16.2. The number of rotatable bonds is 6. The van der Waals surface area contributed by atoms with E-state index in [0.29, 0.717) is 6.54 Å². The lowest BCUT2D eigenvalue weighted by Gasteiger charge is -2.63. The van der Waals surface area contributed by atoms with E-state index < -0.39 is 11.1 Å². The van der Waals surface area contributed by atoms with Crippen molar-refractivity contribution in [1.29, 1.82) is 0 Å². The van der Waals surface area contributed by atoms with Crippen LogP contribution in [0.25, 0.3) is 0 Å². The van der Waals surface area contributed by atoms with Crippen molar-refractivity contribution in [2.45, 2.75) is 24.0 Å². The number of carbonyl (C=O) groups excluding carboxylic acids is 2. The van der Waals surface area contributed by atoms with Crippen molar-refractivity contribution in [3.63, 3.8) is 0 Å². The maximum Gasteiger partial charge on any atom is 0.250 e. The van der Waals surface area contributed by atoms with Crippen molar-refractivity contribution >= 4 is 17.5 Å². The van der Waals surface area contributed by atoms with Crippen LogP contribution in [-0.4, -0.2) is 16.7 Å². The molecule has 2 amide bonds. The number of hydrogen-bond donors (Lipinski definition) is 0. The Hall–Kier alpha value is -4.96. The van der Waals surface area contributed by atoms with Gasteiger partial charge in [0.25, 0.3) is 0 Å². The molecule has 2 atom stereocenters. The molecule has 5 aromatic rings. The molecule has 194 valence electrons. The van der Waals surface area contributed by atoms with Crippen LogP contribution in [0.15, 0.2) is 146 Å². The summed E-state index contributed by atoms with van der Waals surface area (Å²) in [6, 6.07) is 47.7. The molecule has 0 unspecified atom stereocenters. The molecule has 3 aliphatic heterocycles. The van der Waals surface area contributed by atoms with Gasteiger partial charge in [0.15, 0.2) is 11.1 Å². The summed E-state index contributed by atoms with van der Waals surface area (Å²) >= 11 is 0. The van der Waals surface area contributed by atoms with Crippen molar-refractivity contribution in [3.8, 4) is 0 Å². The molecule has 0 aromatic heterocycles. The summed E-state index contributed by atoms with van der Waals surface area (Å²) in [6.45, 7) is 0.357. The molecule has 40 heavy (non-hydrogen) atoms. The van der Waals surface area contributed by atoms with Gasteiger partial charge in [-0.15, -0.1) is 0 Å². The van der Waals surface area contributed by atoms with Crippen molar-refractivity contribution in [2.75, 3.05) is 4.90 Å². The Morgan fingerprint density at radius 1 is 0.500 bits per heavy atom. The zero-order valence-electron chi connectivity index (χ0n) is 22.0. The van der Waals surface area contributed by atoms with Crippen LogP contribution >= 0.6 is 0 Å². The van der Waals surface area contributed by atoms with Crippen LogP contribution in [-0.2, 0) is 33.6 Å². The Morgan fingerprint density at radius 3 is 1.62 bits per heavy atom. The first-order valence-corrected chi connectivity index (χ1v) is 13.6. The highest BCUT2D eigenvalue weighted by molar-refractivity contribution is 6.22. The van der Waals surface area contributed by atoms with Crippen LogP contribution < -0.4 is 4.90 Å². The SMILES string of the molecule is O=C1N(Cc2ccccc2)[C@@]2(c3ccccc3)c3ccccc3[C@@]1(Cc1ccccc1)C(=O)N2c1ccccc1. The van der Waals surface area contributed by atoms with Crippen LogP contribution in [0.2, 0.25) is 0 Å². The van der Waals surface area contributed by atoms with Crippen molar-refractivity contribution < 1.29 is 9.59 Å². The number of para-hydroxylation sites is 1. The Bertz CT molecular complexity index is 1690. The molecule has 4 nitrogen and oxygen atoms in total. The van der Waals surface area contributed by atoms with Gasteiger partial charge >= 0.3 is 0 Å². The second-order valence-electron chi connectivity index (χ2n) is 10.5. The summed E-state index contributed by atoms with van der Waals surface area (Å²) in [4.78, 5) is 34.1. The molecule has 5 aromatic carbocycles. The third kappa shape index (κ3) is 3.32. The Kier molecular flexibility index (Phi) is 5.64. The number of amides is 2. The quantitative estimate of drug-likeness (QED) is 0.241. The molecular weight excluding hydrogens is 492 g/mol. The monoisotopic (exact) mass is 520 g/mol. The average Bonchev–Trinajstić information content (AvgIpc) is 3.02. The number of fused-ring (bicyclic) bond motifs is 2. The van der Waals surface area contributed by atoms with E-state index in [1.807, 2.05) is 149 Å². The summed E-state index contributed by atoms with van der Waals surface area (Å²) in [5, 5.41) is 0. The first kappa shape index (κ1) is 24.1. The Balaban J connectivity index is 1.60. The van der Waals surface area contributed by atoms with Crippen LogP contribution in [0.5, 0.6) is 0 Å². The van der Waals surface area contributed by atoms with E-state index in [1.54, 1.807) is 0 Å². The lowest BCUT2D eigenvalue weighted by molar-refractivity contribution is -0.160. The fourth-order valence-electron chi connectivity index (χ4n) is 6.68. The van der Waals surface area contributed by atoms with Crippen molar-refractivity contribution in [1.82, 2.24) is 4.90 Å². The van der Waals surface area contributed by atoms with E-state index in [-0.39, 0.29) is 18.2 Å². The molecule has 1 fully saturated rings. The first-order chi connectivity index (χ1) is 19.7. The number of benzene rings is 5. The van der Waals surface area contributed by atoms with Gasteiger partial charge in [0.1, 0.15) is 0 Å². The maximum absolute atomic E-state index is 15.1. The average molecular weight is 521 g/mol. The minimum absolute atomic E-state index is 0.167. The van der Waals surface area contributed by atoms with Crippen LogP contribution in [0.3, 0.4) is 0 Å². The van der Waals surface area contributed by atoms with Gasteiger partial charge < -0.3 is 4.90 Å². The molecule has 1 saturated heterocycles. The van der Waals surface area contributed by atoms with E-state index in [0.717, 1.165) is 33.5 Å². The predicted octanol–water partition coefficient (Wildman–Crippen LogP) is 6.46. The normalized spacial score (nSPS) is 21.4. The first-order valence-electron chi connectivity index (χ1n) is 13.6. The molecule has 0 radical (unpaired) electrons. The van der Waals surface area contributed by atoms with Gasteiger partial charge in [-0.05, 0) is 35.2 Å². The molecule has 3 heterocycles. The van der Waals surface area contributed by atoms with Crippen molar-refractivity contribution in [3.05, 3.63) is 173 Å². The lowest BCUT2D eigenvalue weighted by Crippen LogP contribution is -2.79. The molecule has 8 rings (SSSR count). The number of hydrogen-bond acceptors (Lipinski definition) is 2. The second-order valence-corrected chi connectivity index (χ2v) is 10.5. The zero-order chi connectivity index (χ0) is 27.2. The fraction of sp³-hybridized carbons (Fsp3) is 0.111. The molecular formula is C36H28N2O2.